The van der Waals surface area contributed by atoms with Gasteiger partial charge in [0.25, 0.3) is 0 Å². The Bertz CT molecular complexity index is 1500. The SMILES string of the molecule is COc1ccc(C2(c3ccc(OC(=O)Oc4ccc(-c5ccc(OC(C)=O)cc5)cc4)cc3)CC(C)CC(C)C2)cc1. The summed E-state index contributed by atoms with van der Waals surface area (Å²) >= 11 is 0. The summed E-state index contributed by atoms with van der Waals surface area (Å²) in [5.41, 5.74) is 4.24. The van der Waals surface area contributed by atoms with Crippen molar-refractivity contribution in [2.24, 2.45) is 11.8 Å². The molecule has 4 aromatic carbocycles. The molecule has 1 aliphatic rings. The van der Waals surface area contributed by atoms with Gasteiger partial charge in [-0.3, -0.25) is 4.79 Å². The summed E-state index contributed by atoms with van der Waals surface area (Å²) in [7, 11) is 1.68. The lowest BCUT2D eigenvalue weighted by atomic mass is 9.60. The largest absolute Gasteiger partial charge is 0.519 e. The second-order valence-corrected chi connectivity index (χ2v) is 11.3. The number of rotatable bonds is 7. The maximum Gasteiger partial charge on any atom is 0.519 e. The van der Waals surface area contributed by atoms with Crippen LogP contribution >= 0.6 is 0 Å². The highest BCUT2D eigenvalue weighted by molar-refractivity contribution is 5.71. The van der Waals surface area contributed by atoms with Crippen LogP contribution in [0.4, 0.5) is 4.79 Å². The van der Waals surface area contributed by atoms with Crippen LogP contribution in [-0.2, 0) is 10.2 Å². The van der Waals surface area contributed by atoms with E-state index in [1.807, 2.05) is 48.5 Å². The van der Waals surface area contributed by atoms with Crippen LogP contribution in [0, 0.1) is 11.8 Å². The zero-order valence-corrected chi connectivity index (χ0v) is 24.5. The summed E-state index contributed by atoms with van der Waals surface area (Å²) < 4.78 is 21.4. The molecule has 42 heavy (non-hydrogen) atoms. The van der Waals surface area contributed by atoms with E-state index in [0.717, 1.165) is 29.7 Å². The number of benzene rings is 4. The number of carbonyl (C=O) groups is 2. The second kappa shape index (κ2) is 12.5. The van der Waals surface area contributed by atoms with Gasteiger partial charge in [0.05, 0.1) is 7.11 Å². The third kappa shape index (κ3) is 6.65. The van der Waals surface area contributed by atoms with Crippen molar-refractivity contribution < 1.29 is 28.5 Å². The maximum absolute atomic E-state index is 12.6. The van der Waals surface area contributed by atoms with Gasteiger partial charge in [-0.2, -0.15) is 0 Å². The van der Waals surface area contributed by atoms with Gasteiger partial charge in [0.15, 0.2) is 0 Å². The first-order valence-corrected chi connectivity index (χ1v) is 14.3. The highest BCUT2D eigenvalue weighted by atomic mass is 16.7. The Labute approximate surface area is 247 Å². The van der Waals surface area contributed by atoms with Gasteiger partial charge in [-0.05, 0) is 102 Å². The summed E-state index contributed by atoms with van der Waals surface area (Å²) in [6.45, 7) is 6.02. The van der Waals surface area contributed by atoms with E-state index in [4.69, 9.17) is 18.9 Å². The minimum absolute atomic E-state index is 0.120. The molecule has 6 heteroatoms. The Morgan fingerprint density at radius 3 is 1.38 bits per heavy atom. The fourth-order valence-electron chi connectivity index (χ4n) is 6.33. The predicted octanol–water partition coefficient (Wildman–Crippen LogP) is 8.61. The molecule has 0 aliphatic heterocycles. The molecule has 1 aliphatic carbocycles. The minimum atomic E-state index is -0.800. The van der Waals surface area contributed by atoms with Crippen molar-refractivity contribution >= 4 is 12.1 Å². The van der Waals surface area contributed by atoms with Crippen molar-refractivity contribution in [2.75, 3.05) is 7.11 Å². The quantitative estimate of drug-likeness (QED) is 0.127. The van der Waals surface area contributed by atoms with Crippen molar-refractivity contribution in [2.45, 2.75) is 45.4 Å². The Morgan fingerprint density at radius 1 is 0.595 bits per heavy atom. The lowest BCUT2D eigenvalue weighted by molar-refractivity contribution is -0.131. The van der Waals surface area contributed by atoms with Gasteiger partial charge < -0.3 is 18.9 Å². The van der Waals surface area contributed by atoms with E-state index in [1.54, 1.807) is 31.4 Å². The molecule has 5 rings (SSSR count). The van der Waals surface area contributed by atoms with Gasteiger partial charge in [-0.15, -0.1) is 0 Å². The van der Waals surface area contributed by atoms with Crippen LogP contribution in [0.5, 0.6) is 23.0 Å². The van der Waals surface area contributed by atoms with Gasteiger partial charge in [-0.1, -0.05) is 62.4 Å². The molecule has 0 heterocycles. The minimum Gasteiger partial charge on any atom is -0.497 e. The maximum atomic E-state index is 12.6. The van der Waals surface area contributed by atoms with Crippen molar-refractivity contribution in [3.63, 3.8) is 0 Å². The first kappa shape index (κ1) is 28.9. The van der Waals surface area contributed by atoms with E-state index in [1.165, 1.54) is 24.5 Å². The first-order chi connectivity index (χ1) is 20.2. The molecule has 0 spiro atoms. The van der Waals surface area contributed by atoms with Crippen LogP contribution in [-0.4, -0.2) is 19.2 Å². The van der Waals surface area contributed by atoms with Gasteiger partial charge in [0.2, 0.25) is 0 Å². The third-order valence-corrected chi connectivity index (χ3v) is 7.95. The summed E-state index contributed by atoms with van der Waals surface area (Å²) in [5, 5.41) is 0. The van der Waals surface area contributed by atoms with E-state index in [-0.39, 0.29) is 11.4 Å². The highest BCUT2D eigenvalue weighted by Gasteiger charge is 2.40. The molecule has 0 bridgehead atoms. The molecule has 0 N–H and O–H groups in total. The summed E-state index contributed by atoms with van der Waals surface area (Å²) in [6.07, 6.45) is 2.52. The Morgan fingerprint density at radius 2 is 0.976 bits per heavy atom. The summed E-state index contributed by atoms with van der Waals surface area (Å²) in [5.74, 6) is 2.95. The van der Waals surface area contributed by atoms with Crippen LogP contribution in [0.25, 0.3) is 11.1 Å². The van der Waals surface area contributed by atoms with Crippen molar-refractivity contribution in [1.82, 2.24) is 0 Å². The van der Waals surface area contributed by atoms with E-state index in [9.17, 15) is 9.59 Å². The topological polar surface area (TPSA) is 71.1 Å². The Hall–Kier alpha value is -4.58. The normalized spacial score (nSPS) is 19.9. The Balaban J connectivity index is 1.26. The molecule has 216 valence electrons. The van der Waals surface area contributed by atoms with Crippen LogP contribution < -0.4 is 18.9 Å². The molecule has 0 radical (unpaired) electrons. The molecule has 0 saturated heterocycles. The van der Waals surface area contributed by atoms with Crippen molar-refractivity contribution in [3.05, 3.63) is 108 Å². The average Bonchev–Trinajstić information content (AvgIpc) is 2.97. The lowest BCUT2D eigenvalue weighted by Gasteiger charge is -2.44. The highest BCUT2D eigenvalue weighted by Crippen LogP contribution is 2.49. The second-order valence-electron chi connectivity index (χ2n) is 11.3. The molecule has 1 saturated carbocycles. The lowest BCUT2D eigenvalue weighted by Crippen LogP contribution is -2.36. The smallest absolute Gasteiger partial charge is 0.497 e. The number of carbonyl (C=O) groups excluding carboxylic acids is 2. The fraction of sp³-hybridized carbons (Fsp3) is 0.278. The standard InChI is InChI=1S/C36H36O6/c1-24-21-25(2)23-36(22-24,29-9-17-31(39-4)18-10-29)30-11-19-34(20-12-30)42-35(38)41-33-15-7-28(8-16-33)27-5-13-32(14-6-27)40-26(3)37/h5-20,24-25H,21-23H2,1-4H3. The van der Waals surface area contributed by atoms with Gasteiger partial charge in [-0.25, -0.2) is 4.79 Å². The molecule has 6 nitrogen and oxygen atoms in total. The van der Waals surface area contributed by atoms with Crippen LogP contribution in [0.2, 0.25) is 0 Å². The number of hydrogen-bond donors (Lipinski definition) is 0. The van der Waals surface area contributed by atoms with Gasteiger partial charge in [0.1, 0.15) is 23.0 Å². The number of hydrogen-bond acceptors (Lipinski definition) is 6. The monoisotopic (exact) mass is 564 g/mol. The van der Waals surface area contributed by atoms with E-state index in [2.05, 4.69) is 38.1 Å². The van der Waals surface area contributed by atoms with Crippen LogP contribution in [0.15, 0.2) is 97.1 Å². The van der Waals surface area contributed by atoms with Crippen LogP contribution in [0.3, 0.4) is 0 Å². The number of esters is 1. The molecule has 1 fully saturated rings. The number of methoxy groups -OCH3 is 1. The fourth-order valence-corrected chi connectivity index (χ4v) is 6.33. The molecule has 4 aromatic rings. The molecular weight excluding hydrogens is 528 g/mol. The van der Waals surface area contributed by atoms with E-state index < -0.39 is 6.16 Å². The summed E-state index contributed by atoms with van der Waals surface area (Å²) in [4.78, 5) is 23.7. The molecule has 0 amide bonds. The average molecular weight is 565 g/mol. The molecular formula is C36H36O6. The Kier molecular flexibility index (Phi) is 8.62. The molecule has 2 atom stereocenters. The van der Waals surface area contributed by atoms with Gasteiger partial charge in [0, 0.05) is 12.3 Å². The predicted molar refractivity (Wildman–Crippen MR) is 162 cm³/mol. The van der Waals surface area contributed by atoms with E-state index in [0.29, 0.717) is 29.1 Å². The zero-order valence-electron chi connectivity index (χ0n) is 24.5. The van der Waals surface area contributed by atoms with Crippen molar-refractivity contribution in [3.8, 4) is 34.1 Å². The summed E-state index contributed by atoms with van der Waals surface area (Å²) in [6, 6.07) is 30.5. The molecule has 2 unspecified atom stereocenters. The van der Waals surface area contributed by atoms with Crippen molar-refractivity contribution in [1.29, 1.82) is 0 Å². The number of ether oxygens (including phenoxy) is 4. The first-order valence-electron chi connectivity index (χ1n) is 14.3. The van der Waals surface area contributed by atoms with Crippen LogP contribution in [0.1, 0.15) is 51.2 Å². The van der Waals surface area contributed by atoms with E-state index >= 15 is 0 Å². The molecule has 0 aromatic heterocycles. The zero-order chi connectivity index (χ0) is 29.7. The third-order valence-electron chi connectivity index (χ3n) is 7.95. The van der Waals surface area contributed by atoms with Gasteiger partial charge >= 0.3 is 12.1 Å².